The molecule has 0 amide bonds. The van der Waals surface area contributed by atoms with E-state index in [-0.39, 0.29) is 0 Å². The number of halogens is 2. The van der Waals surface area contributed by atoms with Crippen molar-refractivity contribution in [3.63, 3.8) is 0 Å². The zero-order valence-corrected chi connectivity index (χ0v) is 25.1. The fourth-order valence-electron chi connectivity index (χ4n) is 6.47. The first-order chi connectivity index (χ1) is 19.9. The van der Waals surface area contributed by atoms with E-state index < -0.39 is 5.97 Å². The van der Waals surface area contributed by atoms with E-state index in [2.05, 4.69) is 15.4 Å². The summed E-state index contributed by atoms with van der Waals surface area (Å²) < 4.78 is 17.2. The minimum atomic E-state index is -0.414. The Morgan fingerprint density at radius 1 is 1.12 bits per heavy atom. The summed E-state index contributed by atoms with van der Waals surface area (Å²) in [6.45, 7) is 0.660. The van der Waals surface area contributed by atoms with E-state index in [0.29, 0.717) is 51.9 Å². The zero-order valence-electron chi connectivity index (χ0n) is 22.8. The molecule has 2 unspecified atom stereocenters. The fourth-order valence-corrected chi connectivity index (χ4v) is 8.18. The Morgan fingerprint density at radius 2 is 1.85 bits per heavy atom. The highest BCUT2D eigenvalue weighted by atomic mass is 35.5. The molecular formula is C30H30Cl2N4O4S. The zero-order chi connectivity index (χ0) is 28.2. The maximum Gasteiger partial charge on any atom is 0.341 e. The molecule has 1 saturated carbocycles. The molecule has 3 fully saturated rings. The van der Waals surface area contributed by atoms with Crippen LogP contribution in [0.2, 0.25) is 10.0 Å². The molecule has 2 atom stereocenters. The van der Waals surface area contributed by atoms with Crippen molar-refractivity contribution in [3.8, 4) is 17.0 Å². The number of esters is 1. The maximum atomic E-state index is 12.3. The lowest BCUT2D eigenvalue weighted by Crippen LogP contribution is -2.49. The number of hydrogen-bond acceptors (Lipinski definition) is 9. The first-order valence-corrected chi connectivity index (χ1v) is 15.5. The van der Waals surface area contributed by atoms with Crippen LogP contribution in [-0.2, 0) is 11.3 Å². The van der Waals surface area contributed by atoms with Crippen molar-refractivity contribution in [2.45, 2.75) is 69.1 Å². The monoisotopic (exact) mass is 612 g/mol. The van der Waals surface area contributed by atoms with Crippen LogP contribution in [0.4, 0.5) is 5.13 Å². The number of piperidine rings is 1. The van der Waals surface area contributed by atoms with Gasteiger partial charge in [-0.1, -0.05) is 45.8 Å². The second-order valence-electron chi connectivity index (χ2n) is 11.1. The molecule has 214 valence electrons. The summed E-state index contributed by atoms with van der Waals surface area (Å²) in [6.07, 6.45) is 6.56. The predicted octanol–water partition coefficient (Wildman–Crippen LogP) is 7.22. The summed E-state index contributed by atoms with van der Waals surface area (Å²) in [5, 5.41) is 10.4. The van der Waals surface area contributed by atoms with Crippen LogP contribution in [0.5, 0.6) is 5.75 Å². The molecule has 41 heavy (non-hydrogen) atoms. The molecule has 4 heterocycles. The minimum absolute atomic E-state index is 0.362. The number of benzene rings is 2. The van der Waals surface area contributed by atoms with Gasteiger partial charge in [0.25, 0.3) is 0 Å². The minimum Gasteiger partial charge on any atom is -0.496 e. The molecular weight excluding hydrogens is 583 g/mol. The van der Waals surface area contributed by atoms with Gasteiger partial charge in [-0.25, -0.2) is 9.78 Å². The van der Waals surface area contributed by atoms with Gasteiger partial charge in [-0.3, -0.25) is 0 Å². The van der Waals surface area contributed by atoms with Gasteiger partial charge in [-0.2, -0.15) is 0 Å². The highest BCUT2D eigenvalue weighted by molar-refractivity contribution is 7.22. The number of nitrogens with one attached hydrogen (secondary N) is 1. The quantitative estimate of drug-likeness (QED) is 0.209. The molecule has 7 rings (SSSR count). The van der Waals surface area contributed by atoms with Gasteiger partial charge in [-0.05, 0) is 56.7 Å². The lowest BCUT2D eigenvalue weighted by Gasteiger charge is -2.39. The van der Waals surface area contributed by atoms with E-state index in [1.54, 1.807) is 18.4 Å². The third kappa shape index (κ3) is 4.86. The number of carbonyl (C=O) groups is 1. The second-order valence-corrected chi connectivity index (χ2v) is 12.9. The average Bonchev–Trinajstić information content (AvgIpc) is 3.51. The first-order valence-electron chi connectivity index (χ1n) is 14.0. The summed E-state index contributed by atoms with van der Waals surface area (Å²) in [5.41, 5.74) is 3.80. The number of hydrogen-bond donors (Lipinski definition) is 1. The second kappa shape index (κ2) is 10.8. The largest absolute Gasteiger partial charge is 0.496 e. The molecule has 2 aromatic heterocycles. The number of methoxy groups -OCH3 is 2. The summed E-state index contributed by atoms with van der Waals surface area (Å²) in [7, 11) is 2.93. The Bertz CT molecular complexity index is 1600. The molecule has 3 aliphatic rings. The number of thiazole rings is 1. The van der Waals surface area contributed by atoms with Gasteiger partial charge < -0.3 is 24.2 Å². The van der Waals surface area contributed by atoms with Gasteiger partial charge in [0.1, 0.15) is 22.8 Å². The van der Waals surface area contributed by atoms with Gasteiger partial charge in [0.2, 0.25) is 0 Å². The van der Waals surface area contributed by atoms with Gasteiger partial charge in [0, 0.05) is 47.8 Å². The van der Waals surface area contributed by atoms with E-state index in [4.69, 9.17) is 42.2 Å². The molecule has 2 aromatic carbocycles. The van der Waals surface area contributed by atoms with E-state index in [1.165, 1.54) is 7.11 Å². The SMILES string of the molecule is COC(=O)c1cc2sc(N3C4CCC3CC(NCc3c(-c5c(Cl)cccc5Cl)noc3C3CC3)C4)nc2cc1OC. The molecule has 8 nitrogen and oxygen atoms in total. The Labute approximate surface area is 251 Å². The highest BCUT2D eigenvalue weighted by Crippen LogP contribution is 2.47. The van der Waals surface area contributed by atoms with Gasteiger partial charge >= 0.3 is 5.97 Å². The molecule has 2 bridgehead atoms. The van der Waals surface area contributed by atoms with Crippen LogP contribution in [0.1, 0.15) is 66.1 Å². The maximum absolute atomic E-state index is 12.3. The van der Waals surface area contributed by atoms with Crippen molar-refractivity contribution in [2.75, 3.05) is 19.1 Å². The van der Waals surface area contributed by atoms with Crippen LogP contribution in [0, 0.1) is 0 Å². The number of anilines is 1. The third-order valence-electron chi connectivity index (χ3n) is 8.59. The molecule has 11 heteroatoms. The van der Waals surface area contributed by atoms with Crippen LogP contribution < -0.4 is 15.0 Å². The standard InChI is InChI=1S/C30H30Cl2N4O4S/c1-38-24-13-23-25(12-19(24)29(37)39-2)41-30(34-23)36-17-8-9-18(36)11-16(10-17)33-14-20-27(35-40-28(20)15-6-7-15)26-21(31)4-3-5-22(26)32/h3-5,12-13,15-18,33H,6-11,14H2,1-2H3. The predicted molar refractivity (Wildman–Crippen MR) is 161 cm³/mol. The first kappa shape index (κ1) is 27.0. The fraction of sp³-hybridized carbons (Fsp3) is 0.433. The van der Waals surface area contributed by atoms with Gasteiger partial charge in [0.05, 0.1) is 34.5 Å². The van der Waals surface area contributed by atoms with Crippen molar-refractivity contribution in [2.24, 2.45) is 0 Å². The van der Waals surface area contributed by atoms with Crippen molar-refractivity contribution in [1.29, 1.82) is 0 Å². The summed E-state index contributed by atoms with van der Waals surface area (Å²) in [6, 6.07) is 10.3. The number of carbonyl (C=O) groups excluding carboxylic acids is 1. The van der Waals surface area contributed by atoms with Crippen molar-refractivity contribution in [3.05, 3.63) is 57.3 Å². The van der Waals surface area contributed by atoms with E-state index in [1.807, 2.05) is 30.3 Å². The summed E-state index contributed by atoms with van der Waals surface area (Å²) >= 11 is 14.7. The number of fused-ring (bicyclic) bond motifs is 3. The number of rotatable bonds is 8. The third-order valence-corrected chi connectivity index (χ3v) is 10.3. The van der Waals surface area contributed by atoms with E-state index in [0.717, 1.165) is 76.5 Å². The molecule has 2 aliphatic heterocycles. The Morgan fingerprint density at radius 3 is 2.51 bits per heavy atom. The number of nitrogens with zero attached hydrogens (tertiary/aromatic N) is 3. The smallest absolute Gasteiger partial charge is 0.341 e. The van der Waals surface area contributed by atoms with Crippen molar-refractivity contribution in [1.82, 2.24) is 15.5 Å². The number of ether oxygens (including phenoxy) is 2. The lowest BCUT2D eigenvalue weighted by molar-refractivity contribution is 0.0597. The topological polar surface area (TPSA) is 89.7 Å². The Kier molecular flexibility index (Phi) is 7.09. The van der Waals surface area contributed by atoms with Crippen LogP contribution in [0.25, 0.3) is 21.5 Å². The lowest BCUT2D eigenvalue weighted by atomic mass is 9.97. The van der Waals surface area contributed by atoms with Crippen LogP contribution in [0.3, 0.4) is 0 Å². The summed E-state index contributed by atoms with van der Waals surface area (Å²) in [5.74, 6) is 1.44. The van der Waals surface area contributed by atoms with Crippen LogP contribution in [-0.4, -0.2) is 48.5 Å². The van der Waals surface area contributed by atoms with Crippen molar-refractivity contribution >= 4 is 55.9 Å². The van der Waals surface area contributed by atoms with Crippen molar-refractivity contribution < 1.29 is 18.8 Å². The van der Waals surface area contributed by atoms with E-state index in [9.17, 15) is 4.79 Å². The molecule has 0 spiro atoms. The molecule has 2 saturated heterocycles. The number of aromatic nitrogens is 2. The molecule has 4 aromatic rings. The molecule has 1 aliphatic carbocycles. The van der Waals surface area contributed by atoms with Gasteiger partial charge in [0.15, 0.2) is 5.13 Å². The van der Waals surface area contributed by atoms with Crippen LogP contribution in [0.15, 0.2) is 34.9 Å². The van der Waals surface area contributed by atoms with Gasteiger partial charge in [-0.15, -0.1) is 0 Å². The molecule has 1 N–H and O–H groups in total. The summed E-state index contributed by atoms with van der Waals surface area (Å²) in [4.78, 5) is 19.7. The highest BCUT2D eigenvalue weighted by Gasteiger charge is 2.42. The Hall–Kier alpha value is -2.85. The Balaban J connectivity index is 1.10. The normalized spacial score (nSPS) is 22.0. The molecule has 0 radical (unpaired) electrons. The van der Waals surface area contributed by atoms with E-state index >= 15 is 0 Å². The van der Waals surface area contributed by atoms with Crippen LogP contribution >= 0.6 is 34.5 Å². The average molecular weight is 614 g/mol.